The predicted molar refractivity (Wildman–Crippen MR) is 127 cm³/mol. The summed E-state index contributed by atoms with van der Waals surface area (Å²) in [6, 6.07) is 14.8. The molecule has 182 valence electrons. The van der Waals surface area contributed by atoms with Gasteiger partial charge in [-0.1, -0.05) is 48.5 Å². The molecule has 3 aromatic rings. The highest BCUT2D eigenvalue weighted by Gasteiger charge is 2.30. The smallest absolute Gasteiger partial charge is 0.408 e. The summed E-state index contributed by atoms with van der Waals surface area (Å²) in [5.41, 5.74) is 4.04. The molecule has 1 heterocycles. The Bertz CT molecular complexity index is 1210. The Morgan fingerprint density at radius 3 is 2.23 bits per heavy atom. The number of aromatic amines is 1. The minimum Gasteiger partial charge on any atom is -0.480 e. The maximum atomic E-state index is 12.7. The van der Waals surface area contributed by atoms with Gasteiger partial charge in [0.05, 0.1) is 0 Å². The van der Waals surface area contributed by atoms with Gasteiger partial charge in [0.2, 0.25) is 5.82 Å². The monoisotopic (exact) mass is 477 g/mol. The predicted octanol–water partition coefficient (Wildman–Crippen LogP) is 3.90. The zero-order valence-corrected chi connectivity index (χ0v) is 19.7. The number of esters is 1. The number of carboxylic acids is 1. The van der Waals surface area contributed by atoms with Gasteiger partial charge in [0.25, 0.3) is 0 Å². The fourth-order valence-corrected chi connectivity index (χ4v) is 4.10. The number of benzene rings is 2. The molecule has 9 heteroatoms. The Balaban J connectivity index is 1.40. The van der Waals surface area contributed by atoms with Gasteiger partial charge in [-0.3, -0.25) is 0 Å². The fraction of sp³-hybridized carbons (Fsp3) is 0.308. The Kier molecular flexibility index (Phi) is 6.59. The normalized spacial score (nSPS) is 13.5. The first-order valence-electron chi connectivity index (χ1n) is 11.2. The lowest BCUT2D eigenvalue weighted by Crippen LogP contribution is -2.44. The number of rotatable bonds is 7. The average Bonchev–Trinajstić information content (AvgIpc) is 3.39. The van der Waals surface area contributed by atoms with Crippen molar-refractivity contribution < 1.29 is 29.0 Å². The van der Waals surface area contributed by atoms with Gasteiger partial charge in [0, 0.05) is 24.2 Å². The molecule has 0 spiro atoms. The molecule has 1 aromatic heterocycles. The standard InChI is InChI=1S/C26H27N3O6/c1-26(2,3)35-25(33)29-21(23(30)31)12-15-13-27-22(28-15)24(32)34-14-20-18-10-6-4-8-16(18)17-9-5-7-11-19(17)20/h4-11,13,20-21H,12,14H2,1-3H3,(H,27,28)(H,29,33)(H,30,31)/t21-/m0/s1. The van der Waals surface area contributed by atoms with E-state index in [1.165, 1.54) is 6.20 Å². The number of imidazole rings is 1. The Morgan fingerprint density at radius 2 is 1.66 bits per heavy atom. The van der Waals surface area contributed by atoms with Crippen LogP contribution >= 0.6 is 0 Å². The quantitative estimate of drug-likeness (QED) is 0.440. The summed E-state index contributed by atoms with van der Waals surface area (Å²) in [7, 11) is 0. The summed E-state index contributed by atoms with van der Waals surface area (Å²) in [5, 5.41) is 11.8. The highest BCUT2D eigenvalue weighted by Crippen LogP contribution is 2.44. The number of aliphatic carboxylic acids is 1. The maximum Gasteiger partial charge on any atom is 0.408 e. The van der Waals surface area contributed by atoms with Crippen molar-refractivity contribution in [2.75, 3.05) is 6.61 Å². The van der Waals surface area contributed by atoms with Crippen molar-refractivity contribution in [3.63, 3.8) is 0 Å². The van der Waals surface area contributed by atoms with E-state index in [2.05, 4.69) is 27.4 Å². The fourth-order valence-electron chi connectivity index (χ4n) is 4.10. The topological polar surface area (TPSA) is 131 Å². The lowest BCUT2D eigenvalue weighted by Gasteiger charge is -2.21. The molecule has 1 atom stereocenters. The zero-order chi connectivity index (χ0) is 25.2. The lowest BCUT2D eigenvalue weighted by molar-refractivity contribution is -0.139. The molecule has 3 N–H and O–H groups in total. The van der Waals surface area contributed by atoms with E-state index < -0.39 is 29.7 Å². The number of nitrogens with zero attached hydrogens (tertiary/aromatic N) is 1. The number of alkyl carbamates (subject to hydrolysis) is 1. The van der Waals surface area contributed by atoms with E-state index in [0.717, 1.165) is 22.3 Å². The zero-order valence-electron chi connectivity index (χ0n) is 19.7. The van der Waals surface area contributed by atoms with Gasteiger partial charge < -0.3 is 24.9 Å². The second kappa shape index (κ2) is 9.61. The second-order valence-electron chi connectivity index (χ2n) is 9.32. The summed E-state index contributed by atoms with van der Waals surface area (Å²) in [6.45, 7) is 5.18. The van der Waals surface area contributed by atoms with Crippen molar-refractivity contribution in [2.24, 2.45) is 0 Å². The molecule has 0 radical (unpaired) electrons. The van der Waals surface area contributed by atoms with E-state index in [9.17, 15) is 19.5 Å². The number of aromatic nitrogens is 2. The van der Waals surface area contributed by atoms with Crippen LogP contribution in [0.2, 0.25) is 0 Å². The number of fused-ring (bicyclic) bond motifs is 3. The first-order valence-corrected chi connectivity index (χ1v) is 11.2. The molecule has 0 bridgehead atoms. The summed E-state index contributed by atoms with van der Waals surface area (Å²) in [5.74, 6) is -2.02. The van der Waals surface area contributed by atoms with Crippen LogP contribution < -0.4 is 5.32 Å². The third-order valence-corrected chi connectivity index (χ3v) is 5.58. The SMILES string of the molecule is CC(C)(C)OC(=O)N[C@@H](Cc1cnc(C(=O)OCC2c3ccccc3-c3ccccc32)[nH]1)C(=O)O. The minimum absolute atomic E-state index is 0.0408. The van der Waals surface area contributed by atoms with Crippen LogP contribution in [0, 0.1) is 0 Å². The molecule has 35 heavy (non-hydrogen) atoms. The van der Waals surface area contributed by atoms with Crippen molar-refractivity contribution in [2.45, 2.75) is 44.8 Å². The highest BCUT2D eigenvalue weighted by molar-refractivity contribution is 5.86. The van der Waals surface area contributed by atoms with E-state index in [4.69, 9.17) is 9.47 Å². The van der Waals surface area contributed by atoms with Gasteiger partial charge in [-0.05, 0) is 43.0 Å². The van der Waals surface area contributed by atoms with Gasteiger partial charge in [0.15, 0.2) is 0 Å². The summed E-state index contributed by atoms with van der Waals surface area (Å²) >= 11 is 0. The van der Waals surface area contributed by atoms with Crippen molar-refractivity contribution >= 4 is 18.0 Å². The van der Waals surface area contributed by atoms with E-state index in [1.807, 2.05) is 36.4 Å². The summed E-state index contributed by atoms with van der Waals surface area (Å²) in [4.78, 5) is 43.1. The number of carboxylic acid groups (broad SMARTS) is 1. The number of H-pyrrole nitrogens is 1. The molecule has 9 nitrogen and oxygen atoms in total. The molecule has 0 fully saturated rings. The summed E-state index contributed by atoms with van der Waals surface area (Å²) < 4.78 is 10.7. The van der Waals surface area contributed by atoms with Gasteiger partial charge >= 0.3 is 18.0 Å². The van der Waals surface area contributed by atoms with Crippen molar-refractivity contribution in [3.05, 3.63) is 77.4 Å². The first-order chi connectivity index (χ1) is 16.6. The number of hydrogen-bond donors (Lipinski definition) is 3. The van der Waals surface area contributed by atoms with E-state index >= 15 is 0 Å². The van der Waals surface area contributed by atoms with Crippen molar-refractivity contribution in [3.8, 4) is 11.1 Å². The van der Waals surface area contributed by atoms with Crippen LogP contribution in [-0.4, -0.2) is 51.4 Å². The number of carbonyl (C=O) groups is 3. The molecular weight excluding hydrogens is 450 g/mol. The van der Waals surface area contributed by atoms with Crippen LogP contribution in [-0.2, 0) is 20.7 Å². The number of ether oxygens (including phenoxy) is 2. The molecule has 0 saturated heterocycles. The molecule has 0 unspecified atom stereocenters. The van der Waals surface area contributed by atoms with Crippen LogP contribution in [0.25, 0.3) is 11.1 Å². The van der Waals surface area contributed by atoms with Gasteiger partial charge in [-0.2, -0.15) is 0 Å². The molecular formula is C26H27N3O6. The Labute approximate surface area is 202 Å². The number of carbonyl (C=O) groups excluding carboxylic acids is 2. The minimum atomic E-state index is -1.26. The van der Waals surface area contributed by atoms with E-state index in [0.29, 0.717) is 5.69 Å². The number of hydrogen-bond acceptors (Lipinski definition) is 6. The van der Waals surface area contributed by atoms with Crippen molar-refractivity contribution in [1.29, 1.82) is 0 Å². The Morgan fingerprint density at radius 1 is 1.06 bits per heavy atom. The molecule has 4 rings (SSSR count). The van der Waals surface area contributed by atoms with Crippen LogP contribution in [0.5, 0.6) is 0 Å². The second-order valence-corrected chi connectivity index (χ2v) is 9.32. The third-order valence-electron chi connectivity index (χ3n) is 5.58. The summed E-state index contributed by atoms with van der Waals surface area (Å²) in [6.07, 6.45) is 0.392. The van der Waals surface area contributed by atoms with Gasteiger partial charge in [0.1, 0.15) is 18.2 Å². The molecule has 0 saturated carbocycles. The van der Waals surface area contributed by atoms with Gasteiger partial charge in [-0.25, -0.2) is 19.4 Å². The van der Waals surface area contributed by atoms with Crippen molar-refractivity contribution in [1.82, 2.24) is 15.3 Å². The maximum absolute atomic E-state index is 12.7. The van der Waals surface area contributed by atoms with Crippen LogP contribution in [0.3, 0.4) is 0 Å². The molecule has 1 aliphatic carbocycles. The van der Waals surface area contributed by atoms with Crippen LogP contribution in [0.4, 0.5) is 4.79 Å². The van der Waals surface area contributed by atoms with E-state index in [-0.39, 0.29) is 24.8 Å². The largest absolute Gasteiger partial charge is 0.480 e. The first kappa shape index (κ1) is 24.0. The van der Waals surface area contributed by atoms with Crippen LogP contribution in [0.15, 0.2) is 54.7 Å². The Hall–Kier alpha value is -4.14. The van der Waals surface area contributed by atoms with Crippen LogP contribution in [0.1, 0.15) is 54.1 Å². The molecule has 0 aliphatic heterocycles. The lowest BCUT2D eigenvalue weighted by atomic mass is 9.98. The number of amides is 1. The third kappa shape index (κ3) is 5.51. The molecule has 1 aliphatic rings. The molecule has 2 aromatic carbocycles. The molecule has 1 amide bonds. The van der Waals surface area contributed by atoms with Gasteiger partial charge in [-0.15, -0.1) is 0 Å². The average molecular weight is 478 g/mol. The highest BCUT2D eigenvalue weighted by atomic mass is 16.6. The number of nitrogens with one attached hydrogen (secondary N) is 2. The van der Waals surface area contributed by atoms with E-state index in [1.54, 1.807) is 20.8 Å².